The number of nitrogens with two attached hydrogens (primary N) is 1. The van der Waals surface area contributed by atoms with E-state index in [1.807, 2.05) is 0 Å². The molecule has 1 unspecified atom stereocenters. The van der Waals surface area contributed by atoms with Gasteiger partial charge < -0.3 is 10.6 Å². The maximum atomic E-state index is 6.32. The van der Waals surface area contributed by atoms with Crippen molar-refractivity contribution >= 4 is 5.69 Å². The highest BCUT2D eigenvalue weighted by molar-refractivity contribution is 5.47. The van der Waals surface area contributed by atoms with E-state index in [9.17, 15) is 0 Å². The van der Waals surface area contributed by atoms with Gasteiger partial charge in [0.25, 0.3) is 0 Å². The Balaban J connectivity index is 1.96. The Kier molecular flexibility index (Phi) is 5.40. The molecule has 2 N–H and O–H groups in total. The number of benzene rings is 2. The maximum absolute atomic E-state index is 6.32. The highest BCUT2D eigenvalue weighted by atomic mass is 15.1. The van der Waals surface area contributed by atoms with Crippen LogP contribution in [0.25, 0.3) is 0 Å². The first-order chi connectivity index (χ1) is 10.1. The number of anilines is 1. The van der Waals surface area contributed by atoms with Gasteiger partial charge in [-0.2, -0.15) is 0 Å². The molecule has 2 rings (SSSR count). The Morgan fingerprint density at radius 3 is 1.95 bits per heavy atom. The summed E-state index contributed by atoms with van der Waals surface area (Å²) in [7, 11) is 0. The molecule has 0 bridgehead atoms. The summed E-state index contributed by atoms with van der Waals surface area (Å²) < 4.78 is 0. The number of nitrogens with zero attached hydrogens (tertiary/aromatic N) is 1. The molecule has 0 amide bonds. The lowest BCUT2D eigenvalue weighted by molar-refractivity contribution is 0.632. The molecule has 0 radical (unpaired) electrons. The van der Waals surface area contributed by atoms with Crippen LogP contribution >= 0.6 is 0 Å². The van der Waals surface area contributed by atoms with Crippen molar-refractivity contribution in [2.75, 3.05) is 18.0 Å². The predicted molar refractivity (Wildman–Crippen MR) is 91.8 cm³/mol. The van der Waals surface area contributed by atoms with Crippen molar-refractivity contribution in [2.24, 2.45) is 5.73 Å². The lowest BCUT2D eigenvalue weighted by Gasteiger charge is -2.25. The maximum Gasteiger partial charge on any atom is 0.0366 e. The Hall–Kier alpha value is -1.80. The lowest BCUT2D eigenvalue weighted by atomic mass is 10.0. The molecule has 0 fully saturated rings. The van der Waals surface area contributed by atoms with Crippen molar-refractivity contribution in [2.45, 2.75) is 33.2 Å². The Morgan fingerprint density at radius 1 is 0.905 bits per heavy atom. The summed E-state index contributed by atoms with van der Waals surface area (Å²) in [6.07, 6.45) is 0.963. The normalized spacial score (nSPS) is 12.2. The second-order valence-corrected chi connectivity index (χ2v) is 5.72. The summed E-state index contributed by atoms with van der Waals surface area (Å²) in [5.41, 5.74) is 11.4. The first-order valence-electron chi connectivity index (χ1n) is 7.74. The average Bonchev–Trinajstić information content (AvgIpc) is 2.50. The van der Waals surface area contributed by atoms with Gasteiger partial charge in [-0.25, -0.2) is 0 Å². The summed E-state index contributed by atoms with van der Waals surface area (Å²) in [6, 6.07) is 17.4. The quantitative estimate of drug-likeness (QED) is 0.859. The van der Waals surface area contributed by atoms with E-state index >= 15 is 0 Å². The van der Waals surface area contributed by atoms with Crippen molar-refractivity contribution in [1.29, 1.82) is 0 Å². The Morgan fingerprint density at radius 2 is 1.43 bits per heavy atom. The third-order valence-electron chi connectivity index (χ3n) is 4.00. The summed E-state index contributed by atoms with van der Waals surface area (Å²) in [5, 5.41) is 0. The van der Waals surface area contributed by atoms with Gasteiger partial charge in [-0.05, 0) is 44.9 Å². The van der Waals surface area contributed by atoms with E-state index in [-0.39, 0.29) is 6.04 Å². The SMILES string of the molecule is CCN(CCC(N)c1ccc(C)cc1)c1ccc(C)cc1. The van der Waals surface area contributed by atoms with Gasteiger partial charge >= 0.3 is 0 Å². The fourth-order valence-electron chi connectivity index (χ4n) is 2.50. The summed E-state index contributed by atoms with van der Waals surface area (Å²) in [6.45, 7) is 8.40. The van der Waals surface area contributed by atoms with Crippen LogP contribution in [-0.4, -0.2) is 13.1 Å². The molecule has 0 aromatic heterocycles. The topological polar surface area (TPSA) is 29.3 Å². The van der Waals surface area contributed by atoms with Crippen LogP contribution in [0.2, 0.25) is 0 Å². The summed E-state index contributed by atoms with van der Waals surface area (Å²) in [4.78, 5) is 2.38. The van der Waals surface area contributed by atoms with E-state index in [1.165, 1.54) is 22.4 Å². The zero-order valence-electron chi connectivity index (χ0n) is 13.3. The molecule has 0 heterocycles. The fourth-order valence-corrected chi connectivity index (χ4v) is 2.50. The molecule has 2 aromatic rings. The molecule has 0 aliphatic rings. The summed E-state index contributed by atoms with van der Waals surface area (Å²) in [5.74, 6) is 0. The highest BCUT2D eigenvalue weighted by Crippen LogP contribution is 2.19. The standard InChI is InChI=1S/C19H26N2/c1-4-21(18-11-7-16(3)8-12-18)14-13-19(20)17-9-5-15(2)6-10-17/h5-12,19H,4,13-14,20H2,1-3H3. The van der Waals surface area contributed by atoms with E-state index in [4.69, 9.17) is 5.73 Å². The van der Waals surface area contributed by atoms with Gasteiger partial charge in [0.15, 0.2) is 0 Å². The molecule has 1 atom stereocenters. The molecule has 0 saturated heterocycles. The highest BCUT2D eigenvalue weighted by Gasteiger charge is 2.09. The minimum Gasteiger partial charge on any atom is -0.372 e. The molecule has 0 saturated carbocycles. The van der Waals surface area contributed by atoms with Gasteiger partial charge in [-0.1, -0.05) is 47.5 Å². The molecule has 21 heavy (non-hydrogen) atoms. The second-order valence-electron chi connectivity index (χ2n) is 5.72. The number of aryl methyl sites for hydroxylation is 2. The third-order valence-corrected chi connectivity index (χ3v) is 4.00. The minimum atomic E-state index is 0.102. The molecule has 112 valence electrons. The molecule has 2 aromatic carbocycles. The van der Waals surface area contributed by atoms with Crippen molar-refractivity contribution in [3.63, 3.8) is 0 Å². The number of rotatable bonds is 6. The molecule has 0 aliphatic heterocycles. The van der Waals surface area contributed by atoms with Gasteiger partial charge in [0.1, 0.15) is 0 Å². The zero-order valence-corrected chi connectivity index (χ0v) is 13.3. The van der Waals surface area contributed by atoms with Crippen LogP contribution in [0.1, 0.15) is 36.1 Å². The molecule has 0 aliphatic carbocycles. The predicted octanol–water partition coefficient (Wildman–Crippen LogP) is 4.22. The van der Waals surface area contributed by atoms with Crippen molar-refractivity contribution in [3.8, 4) is 0 Å². The largest absolute Gasteiger partial charge is 0.372 e. The number of hydrogen-bond acceptors (Lipinski definition) is 2. The first kappa shape index (κ1) is 15.6. The number of hydrogen-bond donors (Lipinski definition) is 1. The van der Waals surface area contributed by atoms with Crippen LogP contribution in [-0.2, 0) is 0 Å². The molecule has 0 spiro atoms. The van der Waals surface area contributed by atoms with E-state index in [0.29, 0.717) is 0 Å². The summed E-state index contributed by atoms with van der Waals surface area (Å²) >= 11 is 0. The average molecular weight is 282 g/mol. The molecule has 2 nitrogen and oxygen atoms in total. The van der Waals surface area contributed by atoms with E-state index in [0.717, 1.165) is 19.5 Å². The smallest absolute Gasteiger partial charge is 0.0366 e. The van der Waals surface area contributed by atoms with Crippen LogP contribution in [0.5, 0.6) is 0 Å². The fraction of sp³-hybridized carbons (Fsp3) is 0.368. The molecular weight excluding hydrogens is 256 g/mol. The zero-order chi connectivity index (χ0) is 15.2. The van der Waals surface area contributed by atoms with Gasteiger partial charge in [-0.3, -0.25) is 0 Å². The van der Waals surface area contributed by atoms with Gasteiger partial charge in [0, 0.05) is 24.8 Å². The minimum absolute atomic E-state index is 0.102. The van der Waals surface area contributed by atoms with Crippen LogP contribution in [0.15, 0.2) is 48.5 Å². The van der Waals surface area contributed by atoms with Crippen LogP contribution < -0.4 is 10.6 Å². The van der Waals surface area contributed by atoms with Gasteiger partial charge in [0.2, 0.25) is 0 Å². The lowest BCUT2D eigenvalue weighted by Crippen LogP contribution is -2.27. The molecule has 2 heteroatoms. The second kappa shape index (κ2) is 7.28. The van der Waals surface area contributed by atoms with E-state index in [1.54, 1.807) is 0 Å². The van der Waals surface area contributed by atoms with Gasteiger partial charge in [0.05, 0.1) is 0 Å². The van der Waals surface area contributed by atoms with Crippen molar-refractivity contribution in [1.82, 2.24) is 0 Å². The van der Waals surface area contributed by atoms with Crippen molar-refractivity contribution in [3.05, 3.63) is 65.2 Å². The third kappa shape index (κ3) is 4.33. The Bertz CT molecular complexity index is 543. The van der Waals surface area contributed by atoms with Crippen LogP contribution in [0.4, 0.5) is 5.69 Å². The first-order valence-corrected chi connectivity index (χ1v) is 7.74. The van der Waals surface area contributed by atoms with Crippen LogP contribution in [0.3, 0.4) is 0 Å². The van der Waals surface area contributed by atoms with Crippen LogP contribution in [0, 0.1) is 13.8 Å². The van der Waals surface area contributed by atoms with Gasteiger partial charge in [-0.15, -0.1) is 0 Å². The van der Waals surface area contributed by atoms with E-state index < -0.39 is 0 Å². The Labute approximate surface area is 128 Å². The molecular formula is C19H26N2. The monoisotopic (exact) mass is 282 g/mol. The van der Waals surface area contributed by atoms with E-state index in [2.05, 4.69) is 74.2 Å². The van der Waals surface area contributed by atoms with Crippen molar-refractivity contribution < 1.29 is 0 Å².